The number of benzene rings is 3. The molecule has 0 amide bonds. The predicted molar refractivity (Wildman–Crippen MR) is 125 cm³/mol. The monoisotopic (exact) mass is 491 g/mol. The van der Waals surface area contributed by atoms with Crippen LogP contribution in [-0.2, 0) is 6.61 Å². The number of ether oxygens (including phenoxy) is 2. The first-order valence-corrected chi connectivity index (χ1v) is 10.7. The Kier molecular flexibility index (Phi) is 7.59. The Balaban J connectivity index is 1.84. The normalized spacial score (nSPS) is 11.1. The molecule has 0 atom stereocenters. The highest BCUT2D eigenvalue weighted by Crippen LogP contribution is 2.37. The highest BCUT2D eigenvalue weighted by atomic mass is 79.9. The molecule has 6 heteroatoms. The summed E-state index contributed by atoms with van der Waals surface area (Å²) in [7, 11) is 0. The second-order valence-corrected chi connectivity index (χ2v) is 8.00. The van der Waals surface area contributed by atoms with Gasteiger partial charge in [-0.05, 0) is 71.2 Å². The van der Waals surface area contributed by atoms with Crippen LogP contribution in [0.5, 0.6) is 11.5 Å². The minimum atomic E-state index is 0.341. The van der Waals surface area contributed by atoms with Crippen molar-refractivity contribution in [3.63, 3.8) is 0 Å². The summed E-state index contributed by atoms with van der Waals surface area (Å²) in [6.07, 6.45) is 1.77. The first kappa shape index (κ1) is 21.7. The standard InChI is InChI=1S/C23H20BrCl2NO2/c1-3-28-22-11-16(13-27-18-9-8-15(2)21(26)12-18)10-19(24)23(22)29-14-17-6-4-5-7-20(17)25/h4-13H,3,14H2,1-2H3. The Hall–Kier alpha value is -2.01. The SMILES string of the molecule is CCOc1cc(C=Nc2ccc(C)c(Cl)c2)cc(Br)c1OCc1ccccc1Cl. The summed E-state index contributed by atoms with van der Waals surface area (Å²) in [4.78, 5) is 4.51. The van der Waals surface area contributed by atoms with Gasteiger partial charge in [0.05, 0.1) is 16.8 Å². The molecule has 0 N–H and O–H groups in total. The van der Waals surface area contributed by atoms with E-state index >= 15 is 0 Å². The molecule has 3 aromatic rings. The van der Waals surface area contributed by atoms with Crippen LogP contribution < -0.4 is 9.47 Å². The van der Waals surface area contributed by atoms with Gasteiger partial charge >= 0.3 is 0 Å². The molecule has 0 fully saturated rings. The highest BCUT2D eigenvalue weighted by molar-refractivity contribution is 9.10. The lowest BCUT2D eigenvalue weighted by Gasteiger charge is -2.15. The number of hydrogen-bond acceptors (Lipinski definition) is 3. The molecule has 0 aromatic heterocycles. The van der Waals surface area contributed by atoms with Crippen molar-refractivity contribution in [1.29, 1.82) is 0 Å². The average molecular weight is 493 g/mol. The lowest BCUT2D eigenvalue weighted by molar-refractivity contribution is 0.267. The van der Waals surface area contributed by atoms with E-state index in [1.165, 1.54) is 0 Å². The van der Waals surface area contributed by atoms with E-state index in [1.54, 1.807) is 6.21 Å². The van der Waals surface area contributed by atoms with E-state index in [9.17, 15) is 0 Å². The highest BCUT2D eigenvalue weighted by Gasteiger charge is 2.13. The quantitative estimate of drug-likeness (QED) is 0.315. The molecule has 0 aliphatic heterocycles. The van der Waals surface area contributed by atoms with E-state index in [2.05, 4.69) is 20.9 Å². The second kappa shape index (κ2) is 10.1. The third-order valence-electron chi connectivity index (χ3n) is 4.18. The largest absolute Gasteiger partial charge is 0.490 e. The summed E-state index contributed by atoms with van der Waals surface area (Å²) < 4.78 is 12.6. The maximum absolute atomic E-state index is 6.23. The van der Waals surface area contributed by atoms with E-state index in [-0.39, 0.29) is 0 Å². The second-order valence-electron chi connectivity index (χ2n) is 6.33. The van der Waals surface area contributed by atoms with E-state index in [0.29, 0.717) is 34.8 Å². The van der Waals surface area contributed by atoms with Crippen LogP contribution in [0, 0.1) is 6.92 Å². The van der Waals surface area contributed by atoms with Gasteiger partial charge < -0.3 is 9.47 Å². The fourth-order valence-electron chi connectivity index (χ4n) is 2.64. The number of rotatable bonds is 7. The van der Waals surface area contributed by atoms with Crippen LogP contribution in [0.3, 0.4) is 0 Å². The first-order chi connectivity index (χ1) is 14.0. The Morgan fingerprint density at radius 2 is 1.79 bits per heavy atom. The van der Waals surface area contributed by atoms with Crippen molar-refractivity contribution in [2.45, 2.75) is 20.5 Å². The number of nitrogens with zero attached hydrogens (tertiary/aromatic N) is 1. The zero-order valence-electron chi connectivity index (χ0n) is 16.1. The Morgan fingerprint density at radius 1 is 1.00 bits per heavy atom. The van der Waals surface area contributed by atoms with Crippen LogP contribution >= 0.6 is 39.1 Å². The number of aryl methyl sites for hydroxylation is 1. The molecule has 29 heavy (non-hydrogen) atoms. The fourth-order valence-corrected chi connectivity index (χ4v) is 3.58. The van der Waals surface area contributed by atoms with Crippen LogP contribution in [0.15, 0.2) is 64.1 Å². The summed E-state index contributed by atoms with van der Waals surface area (Å²) in [5.41, 5.74) is 3.59. The number of aliphatic imine (C=N–C) groups is 1. The van der Waals surface area contributed by atoms with Gasteiger partial charge in [0, 0.05) is 21.8 Å². The van der Waals surface area contributed by atoms with Gasteiger partial charge in [0.25, 0.3) is 0 Å². The average Bonchev–Trinajstić information content (AvgIpc) is 2.70. The van der Waals surface area contributed by atoms with Crippen LogP contribution in [0.1, 0.15) is 23.6 Å². The summed E-state index contributed by atoms with van der Waals surface area (Å²) >= 11 is 16.0. The molecule has 3 nitrogen and oxygen atoms in total. The van der Waals surface area contributed by atoms with Crippen molar-refractivity contribution in [3.8, 4) is 11.5 Å². The van der Waals surface area contributed by atoms with Gasteiger partial charge in [0.2, 0.25) is 0 Å². The Labute approximate surface area is 189 Å². The molecule has 0 bridgehead atoms. The van der Waals surface area contributed by atoms with Crippen molar-refractivity contribution in [2.24, 2.45) is 4.99 Å². The van der Waals surface area contributed by atoms with E-state index in [1.807, 2.05) is 68.4 Å². The molecule has 150 valence electrons. The van der Waals surface area contributed by atoms with Gasteiger partial charge in [0.1, 0.15) is 6.61 Å². The van der Waals surface area contributed by atoms with Gasteiger partial charge in [-0.1, -0.05) is 47.5 Å². The number of halogens is 3. The molecule has 0 aliphatic rings. The molecule has 0 unspecified atom stereocenters. The number of hydrogen-bond donors (Lipinski definition) is 0. The van der Waals surface area contributed by atoms with Crippen molar-refractivity contribution in [2.75, 3.05) is 6.61 Å². The first-order valence-electron chi connectivity index (χ1n) is 9.10. The van der Waals surface area contributed by atoms with Crippen LogP contribution in [0.25, 0.3) is 0 Å². The summed E-state index contributed by atoms with van der Waals surface area (Å²) in [6, 6.07) is 17.1. The van der Waals surface area contributed by atoms with Gasteiger partial charge in [-0.3, -0.25) is 4.99 Å². The van der Waals surface area contributed by atoms with Crippen LogP contribution in [0.4, 0.5) is 5.69 Å². The van der Waals surface area contributed by atoms with E-state index in [4.69, 9.17) is 32.7 Å². The molecule has 0 aliphatic carbocycles. The minimum Gasteiger partial charge on any atom is -0.490 e. The van der Waals surface area contributed by atoms with Crippen molar-refractivity contribution >= 4 is 51.0 Å². The van der Waals surface area contributed by atoms with Crippen molar-refractivity contribution < 1.29 is 9.47 Å². The van der Waals surface area contributed by atoms with E-state index < -0.39 is 0 Å². The van der Waals surface area contributed by atoms with Gasteiger partial charge in [0.15, 0.2) is 11.5 Å². The summed E-state index contributed by atoms with van der Waals surface area (Å²) in [5.74, 6) is 1.26. The molecule has 3 aromatic carbocycles. The van der Waals surface area contributed by atoms with Crippen LogP contribution in [-0.4, -0.2) is 12.8 Å². The fraction of sp³-hybridized carbons (Fsp3) is 0.174. The lowest BCUT2D eigenvalue weighted by atomic mass is 10.2. The topological polar surface area (TPSA) is 30.8 Å². The smallest absolute Gasteiger partial charge is 0.175 e. The van der Waals surface area contributed by atoms with E-state index in [0.717, 1.165) is 26.9 Å². The zero-order valence-corrected chi connectivity index (χ0v) is 19.2. The molecule has 3 rings (SSSR count). The minimum absolute atomic E-state index is 0.341. The predicted octanol–water partition coefficient (Wildman–Crippen LogP) is 7.79. The van der Waals surface area contributed by atoms with Crippen LogP contribution in [0.2, 0.25) is 10.0 Å². The summed E-state index contributed by atoms with van der Waals surface area (Å²) in [6.45, 7) is 4.75. The van der Waals surface area contributed by atoms with Gasteiger partial charge in [-0.2, -0.15) is 0 Å². The maximum atomic E-state index is 6.23. The Morgan fingerprint density at radius 3 is 2.52 bits per heavy atom. The zero-order chi connectivity index (χ0) is 20.8. The van der Waals surface area contributed by atoms with Gasteiger partial charge in [-0.25, -0.2) is 0 Å². The molecular formula is C23H20BrCl2NO2. The molecule has 0 spiro atoms. The third kappa shape index (κ3) is 5.75. The molecule has 0 radical (unpaired) electrons. The van der Waals surface area contributed by atoms with Crippen molar-refractivity contribution in [1.82, 2.24) is 0 Å². The van der Waals surface area contributed by atoms with Crippen molar-refractivity contribution in [3.05, 3.63) is 85.8 Å². The summed E-state index contributed by atoms with van der Waals surface area (Å²) in [5, 5.41) is 1.36. The maximum Gasteiger partial charge on any atom is 0.175 e. The Bertz CT molecular complexity index is 1040. The third-order valence-corrected chi connectivity index (χ3v) is 5.54. The molecule has 0 saturated heterocycles. The molecule has 0 saturated carbocycles. The van der Waals surface area contributed by atoms with Gasteiger partial charge in [-0.15, -0.1) is 0 Å². The molecule has 0 heterocycles. The lowest BCUT2D eigenvalue weighted by Crippen LogP contribution is -2.02. The molecular weight excluding hydrogens is 473 g/mol.